The first-order valence-electron chi connectivity index (χ1n) is 4.96. The fourth-order valence-corrected chi connectivity index (χ4v) is 1.66. The number of benzene rings is 1. The topological polar surface area (TPSA) is 17.0 Å². The molecule has 0 aliphatic carbocycles. The summed E-state index contributed by atoms with van der Waals surface area (Å²) in [5.74, 6) is -0.332. The number of halogens is 2. The van der Waals surface area contributed by atoms with E-state index in [0.29, 0.717) is 17.3 Å². The summed E-state index contributed by atoms with van der Waals surface area (Å²) < 4.78 is 15.4. The minimum absolute atomic E-state index is 0.332. The van der Waals surface area contributed by atoms with Crippen LogP contribution in [-0.2, 0) is 13.6 Å². The fraction of sp³-hybridized carbons (Fsp3) is 0.167. The zero-order valence-electron chi connectivity index (χ0n) is 8.87. The van der Waals surface area contributed by atoms with Gasteiger partial charge < -0.3 is 9.88 Å². The molecule has 1 N–H and O–H groups in total. The molecule has 0 fully saturated rings. The first-order chi connectivity index (χ1) is 7.66. The van der Waals surface area contributed by atoms with Gasteiger partial charge in [-0.05, 0) is 30.3 Å². The summed E-state index contributed by atoms with van der Waals surface area (Å²) in [6, 6.07) is 8.55. The average molecular weight is 239 g/mol. The Balaban J connectivity index is 2.08. The summed E-state index contributed by atoms with van der Waals surface area (Å²) in [5.41, 5.74) is 1.56. The Labute approximate surface area is 98.7 Å². The predicted octanol–water partition coefficient (Wildman–Crippen LogP) is 3.43. The Morgan fingerprint density at radius 1 is 1.38 bits per heavy atom. The summed E-state index contributed by atoms with van der Waals surface area (Å²) >= 11 is 5.67. The Bertz CT molecular complexity index is 494. The maximum absolute atomic E-state index is 13.4. The maximum Gasteiger partial charge on any atom is 0.147 e. The zero-order chi connectivity index (χ0) is 11.5. The predicted molar refractivity (Wildman–Crippen MR) is 64.1 cm³/mol. The van der Waals surface area contributed by atoms with Gasteiger partial charge in [-0.3, -0.25) is 0 Å². The molecule has 0 unspecified atom stereocenters. The van der Waals surface area contributed by atoms with E-state index in [-0.39, 0.29) is 5.82 Å². The van der Waals surface area contributed by atoms with Crippen LogP contribution in [0.4, 0.5) is 10.1 Å². The molecule has 0 atom stereocenters. The molecule has 1 aromatic carbocycles. The van der Waals surface area contributed by atoms with Crippen LogP contribution < -0.4 is 5.32 Å². The normalized spacial score (nSPS) is 10.4. The van der Waals surface area contributed by atoms with Crippen molar-refractivity contribution in [2.45, 2.75) is 6.54 Å². The van der Waals surface area contributed by atoms with Gasteiger partial charge in [0.1, 0.15) is 5.82 Å². The summed E-state index contributed by atoms with van der Waals surface area (Å²) in [6.07, 6.45) is 1.95. The molecule has 0 saturated carbocycles. The molecule has 0 aliphatic rings. The van der Waals surface area contributed by atoms with Crippen LogP contribution in [0.5, 0.6) is 0 Å². The van der Waals surface area contributed by atoms with E-state index in [2.05, 4.69) is 5.32 Å². The highest BCUT2D eigenvalue weighted by Gasteiger charge is 2.03. The summed E-state index contributed by atoms with van der Waals surface area (Å²) in [5, 5.41) is 3.43. The highest BCUT2D eigenvalue weighted by molar-refractivity contribution is 6.30. The van der Waals surface area contributed by atoms with Gasteiger partial charge in [-0.15, -0.1) is 0 Å². The first kappa shape index (κ1) is 11.0. The molecule has 0 spiro atoms. The van der Waals surface area contributed by atoms with Crippen LogP contribution in [0.15, 0.2) is 36.5 Å². The lowest BCUT2D eigenvalue weighted by Gasteiger charge is -2.08. The molecule has 0 aliphatic heterocycles. The molecular formula is C12H12ClFN2. The van der Waals surface area contributed by atoms with E-state index in [0.717, 1.165) is 5.69 Å². The molecule has 4 heteroatoms. The SMILES string of the molecule is Cn1cccc1CNc1ccc(Cl)cc1F. The number of hydrogen-bond donors (Lipinski definition) is 1. The molecule has 0 saturated heterocycles. The molecule has 2 aromatic rings. The van der Waals surface area contributed by atoms with Gasteiger partial charge >= 0.3 is 0 Å². The van der Waals surface area contributed by atoms with Gasteiger partial charge in [0.2, 0.25) is 0 Å². The van der Waals surface area contributed by atoms with E-state index in [1.54, 1.807) is 12.1 Å². The summed E-state index contributed by atoms with van der Waals surface area (Å²) in [6.45, 7) is 0.585. The molecule has 84 valence electrons. The van der Waals surface area contributed by atoms with E-state index in [1.807, 2.05) is 29.9 Å². The lowest BCUT2D eigenvalue weighted by Crippen LogP contribution is -2.05. The number of aryl methyl sites for hydroxylation is 1. The van der Waals surface area contributed by atoms with Crippen LogP contribution in [0.25, 0.3) is 0 Å². The van der Waals surface area contributed by atoms with Gasteiger partial charge in [0.15, 0.2) is 0 Å². The van der Waals surface area contributed by atoms with Crippen molar-refractivity contribution < 1.29 is 4.39 Å². The van der Waals surface area contributed by atoms with Crippen molar-refractivity contribution in [3.63, 3.8) is 0 Å². The third-order valence-corrected chi connectivity index (χ3v) is 2.68. The van der Waals surface area contributed by atoms with Gasteiger partial charge in [0, 0.05) is 24.0 Å². The number of nitrogens with one attached hydrogen (secondary N) is 1. The van der Waals surface area contributed by atoms with Gasteiger partial charge in [-0.2, -0.15) is 0 Å². The largest absolute Gasteiger partial charge is 0.377 e. The average Bonchev–Trinajstić information content (AvgIpc) is 2.63. The van der Waals surface area contributed by atoms with Crippen LogP contribution in [0.2, 0.25) is 5.02 Å². The number of nitrogens with zero attached hydrogens (tertiary/aromatic N) is 1. The van der Waals surface area contributed by atoms with Gasteiger partial charge in [-0.1, -0.05) is 11.6 Å². The number of aromatic nitrogens is 1. The van der Waals surface area contributed by atoms with Crippen molar-refractivity contribution in [1.82, 2.24) is 4.57 Å². The molecule has 1 aromatic heterocycles. The standard InChI is InChI=1S/C12H12ClFN2/c1-16-6-2-3-10(16)8-15-12-5-4-9(13)7-11(12)14/h2-7,15H,8H2,1H3. The number of rotatable bonds is 3. The third-order valence-electron chi connectivity index (χ3n) is 2.44. The van der Waals surface area contributed by atoms with Crippen molar-refractivity contribution in [1.29, 1.82) is 0 Å². The molecule has 16 heavy (non-hydrogen) atoms. The highest BCUT2D eigenvalue weighted by atomic mass is 35.5. The zero-order valence-corrected chi connectivity index (χ0v) is 9.63. The first-order valence-corrected chi connectivity index (χ1v) is 5.34. The highest BCUT2D eigenvalue weighted by Crippen LogP contribution is 2.19. The van der Waals surface area contributed by atoms with E-state index < -0.39 is 0 Å². The maximum atomic E-state index is 13.4. The van der Waals surface area contributed by atoms with Crippen LogP contribution in [0.1, 0.15) is 5.69 Å². The molecule has 0 bridgehead atoms. The monoisotopic (exact) mass is 238 g/mol. The molecule has 0 radical (unpaired) electrons. The molecule has 0 amide bonds. The molecule has 2 nitrogen and oxygen atoms in total. The second-order valence-electron chi connectivity index (χ2n) is 3.59. The van der Waals surface area contributed by atoms with Crippen molar-refractivity contribution in [2.75, 3.05) is 5.32 Å². The van der Waals surface area contributed by atoms with Crippen LogP contribution in [-0.4, -0.2) is 4.57 Å². The van der Waals surface area contributed by atoms with Crippen molar-refractivity contribution >= 4 is 17.3 Å². The van der Waals surface area contributed by atoms with Crippen molar-refractivity contribution in [3.8, 4) is 0 Å². The molecule has 2 rings (SSSR count). The molecular weight excluding hydrogens is 227 g/mol. The summed E-state index contributed by atoms with van der Waals surface area (Å²) in [7, 11) is 1.95. The van der Waals surface area contributed by atoms with E-state index in [4.69, 9.17) is 11.6 Å². The lowest BCUT2D eigenvalue weighted by molar-refractivity contribution is 0.629. The Hall–Kier alpha value is -1.48. The van der Waals surface area contributed by atoms with Crippen LogP contribution in [0.3, 0.4) is 0 Å². The van der Waals surface area contributed by atoms with Crippen molar-refractivity contribution in [2.24, 2.45) is 7.05 Å². The number of anilines is 1. The van der Waals surface area contributed by atoms with Gasteiger partial charge in [0.05, 0.1) is 12.2 Å². The number of hydrogen-bond acceptors (Lipinski definition) is 1. The van der Waals surface area contributed by atoms with Crippen LogP contribution >= 0.6 is 11.6 Å². The minimum atomic E-state index is -0.332. The Morgan fingerprint density at radius 2 is 2.19 bits per heavy atom. The second-order valence-corrected chi connectivity index (χ2v) is 4.02. The van der Waals surface area contributed by atoms with Gasteiger partial charge in [-0.25, -0.2) is 4.39 Å². The lowest BCUT2D eigenvalue weighted by atomic mass is 10.3. The second kappa shape index (κ2) is 4.58. The Kier molecular flexibility index (Phi) is 3.15. The fourth-order valence-electron chi connectivity index (χ4n) is 1.50. The van der Waals surface area contributed by atoms with Crippen molar-refractivity contribution in [3.05, 3.63) is 53.1 Å². The Morgan fingerprint density at radius 3 is 2.81 bits per heavy atom. The molecule has 1 heterocycles. The van der Waals surface area contributed by atoms with E-state index >= 15 is 0 Å². The smallest absolute Gasteiger partial charge is 0.147 e. The van der Waals surface area contributed by atoms with Gasteiger partial charge in [0.25, 0.3) is 0 Å². The van der Waals surface area contributed by atoms with E-state index in [9.17, 15) is 4.39 Å². The third kappa shape index (κ3) is 2.36. The minimum Gasteiger partial charge on any atom is -0.377 e. The summed E-state index contributed by atoms with van der Waals surface area (Å²) in [4.78, 5) is 0. The van der Waals surface area contributed by atoms with E-state index in [1.165, 1.54) is 6.07 Å². The van der Waals surface area contributed by atoms with Crippen LogP contribution in [0, 0.1) is 5.82 Å². The quantitative estimate of drug-likeness (QED) is 0.867.